The fourth-order valence-electron chi connectivity index (χ4n) is 3.63. The molecule has 178 valence electrons. The van der Waals surface area contributed by atoms with E-state index in [0.29, 0.717) is 22.9 Å². The highest BCUT2D eigenvalue weighted by molar-refractivity contribution is 7.53. The van der Waals surface area contributed by atoms with Gasteiger partial charge in [0.15, 0.2) is 11.9 Å². The van der Waals surface area contributed by atoms with Crippen molar-refractivity contribution in [3.05, 3.63) is 11.5 Å². The molecule has 1 aliphatic carbocycles. The fourth-order valence-corrected chi connectivity index (χ4v) is 4.40. The molecule has 4 rings (SSSR count). The van der Waals surface area contributed by atoms with Crippen LogP contribution in [0.5, 0.6) is 0 Å². The van der Waals surface area contributed by atoms with Crippen molar-refractivity contribution in [2.24, 2.45) is 0 Å². The van der Waals surface area contributed by atoms with Crippen LogP contribution >= 0.6 is 19.2 Å². The van der Waals surface area contributed by atoms with Gasteiger partial charge in [0.1, 0.15) is 11.9 Å². The molecule has 3 unspecified atom stereocenters. The van der Waals surface area contributed by atoms with E-state index in [0.717, 1.165) is 19.3 Å². The summed E-state index contributed by atoms with van der Waals surface area (Å²) >= 11 is 6.10. The van der Waals surface area contributed by atoms with Gasteiger partial charge in [-0.15, -0.1) is 0 Å². The van der Waals surface area contributed by atoms with Crippen LogP contribution in [0, 0.1) is 0 Å². The molecule has 2 aromatic heterocycles. The molecule has 0 bridgehead atoms. The number of nitrogens with zero attached hydrogens (tertiary/aromatic N) is 4. The average Bonchev–Trinajstić information content (AvgIpc) is 3.28. The number of aliphatic hydroxyl groups is 3. The van der Waals surface area contributed by atoms with Gasteiger partial charge in [0.25, 0.3) is 0 Å². The lowest BCUT2D eigenvalue weighted by molar-refractivity contribution is -0.121. The Bertz CT molecular complexity index is 1010. The van der Waals surface area contributed by atoms with E-state index in [-0.39, 0.29) is 11.7 Å². The first-order valence-corrected chi connectivity index (χ1v) is 12.1. The maximum Gasteiger partial charge on any atom is 0.361 e. The average molecular weight is 494 g/mol. The quantitative estimate of drug-likeness (QED) is 0.202. The summed E-state index contributed by atoms with van der Waals surface area (Å²) in [4.78, 5) is 27.4. The first-order chi connectivity index (χ1) is 15.2. The third-order valence-electron chi connectivity index (χ3n) is 5.89. The summed E-state index contributed by atoms with van der Waals surface area (Å²) in [7, 11) is -5.02. The molecular formula is C17H25ClN5O8P. The van der Waals surface area contributed by atoms with E-state index in [9.17, 15) is 29.7 Å². The van der Waals surface area contributed by atoms with E-state index < -0.39 is 51.2 Å². The van der Waals surface area contributed by atoms with E-state index >= 15 is 0 Å². The Morgan fingerprint density at radius 1 is 1.31 bits per heavy atom. The van der Waals surface area contributed by atoms with Gasteiger partial charge in [-0.3, -0.25) is 4.57 Å². The summed E-state index contributed by atoms with van der Waals surface area (Å²) in [5.74, 6) is 0.562. The molecule has 1 aliphatic heterocycles. The zero-order valence-electron chi connectivity index (χ0n) is 16.9. The van der Waals surface area contributed by atoms with E-state index in [1.807, 2.05) is 0 Å². The highest BCUT2D eigenvalue weighted by Gasteiger charge is 2.49. The van der Waals surface area contributed by atoms with Crippen LogP contribution in [0.1, 0.15) is 31.9 Å². The Labute approximate surface area is 187 Å². The normalized spacial score (nSPS) is 24.8. The number of rotatable bonds is 9. The number of fused-ring (bicyclic) bond motifs is 1. The van der Waals surface area contributed by atoms with Crippen molar-refractivity contribution in [1.82, 2.24) is 19.7 Å². The van der Waals surface area contributed by atoms with Crippen molar-refractivity contribution in [2.75, 3.05) is 25.1 Å². The lowest BCUT2D eigenvalue weighted by atomic mass is 9.93. The predicted octanol–water partition coefficient (Wildman–Crippen LogP) is -0.0323. The SMILES string of the molecule is O=P(O)(O)C(CO)(CO)OCC1OC(n2ncc3c(NC4CCC4)nc(Cl)nc32)CC1O. The van der Waals surface area contributed by atoms with E-state index in [1.54, 1.807) is 6.20 Å². The highest BCUT2D eigenvalue weighted by atomic mass is 35.5. The summed E-state index contributed by atoms with van der Waals surface area (Å²) < 4.78 is 24.1. The zero-order chi connectivity index (χ0) is 23.1. The van der Waals surface area contributed by atoms with Gasteiger partial charge < -0.3 is 39.9 Å². The maximum atomic E-state index is 11.7. The van der Waals surface area contributed by atoms with Gasteiger partial charge in [0, 0.05) is 12.5 Å². The number of halogens is 1. The predicted molar refractivity (Wildman–Crippen MR) is 111 cm³/mol. The van der Waals surface area contributed by atoms with Crippen molar-refractivity contribution in [1.29, 1.82) is 0 Å². The third-order valence-corrected chi connectivity index (χ3v) is 7.53. The fraction of sp³-hybridized carbons (Fsp3) is 0.706. The number of anilines is 1. The summed E-state index contributed by atoms with van der Waals surface area (Å²) in [6.45, 7) is -2.71. The van der Waals surface area contributed by atoms with E-state index in [1.165, 1.54) is 4.68 Å². The first kappa shape index (κ1) is 23.7. The monoisotopic (exact) mass is 493 g/mol. The maximum absolute atomic E-state index is 11.7. The molecule has 0 spiro atoms. The van der Waals surface area contributed by atoms with E-state index in [4.69, 9.17) is 21.1 Å². The van der Waals surface area contributed by atoms with Crippen molar-refractivity contribution in [3.63, 3.8) is 0 Å². The Morgan fingerprint density at radius 3 is 2.62 bits per heavy atom. The minimum Gasteiger partial charge on any atom is -0.393 e. The minimum atomic E-state index is -5.02. The molecule has 2 fully saturated rings. The number of hydrogen-bond acceptors (Lipinski definition) is 10. The highest BCUT2D eigenvalue weighted by Crippen LogP contribution is 2.51. The van der Waals surface area contributed by atoms with Crippen molar-refractivity contribution in [3.8, 4) is 0 Å². The van der Waals surface area contributed by atoms with Crippen molar-refractivity contribution >= 4 is 36.0 Å². The number of nitrogens with one attached hydrogen (secondary N) is 1. The largest absolute Gasteiger partial charge is 0.393 e. The second-order valence-electron chi connectivity index (χ2n) is 7.99. The summed E-state index contributed by atoms with van der Waals surface area (Å²) in [6.07, 6.45) is 2.08. The molecular weight excluding hydrogens is 469 g/mol. The van der Waals surface area contributed by atoms with Crippen LogP contribution in [-0.2, 0) is 14.0 Å². The Balaban J connectivity index is 1.51. The van der Waals surface area contributed by atoms with Crippen LogP contribution in [0.25, 0.3) is 11.0 Å². The molecule has 13 nitrogen and oxygen atoms in total. The minimum absolute atomic E-state index is 0.0248. The van der Waals surface area contributed by atoms with E-state index in [2.05, 4.69) is 20.4 Å². The van der Waals surface area contributed by atoms with Gasteiger partial charge >= 0.3 is 7.60 Å². The van der Waals surface area contributed by atoms with Gasteiger partial charge in [-0.05, 0) is 30.9 Å². The lowest BCUT2D eigenvalue weighted by Crippen LogP contribution is -2.43. The van der Waals surface area contributed by atoms with Crippen LogP contribution in [0.3, 0.4) is 0 Å². The third kappa shape index (κ3) is 4.37. The van der Waals surface area contributed by atoms with Gasteiger partial charge in [0.2, 0.25) is 10.6 Å². The van der Waals surface area contributed by atoms with Crippen molar-refractivity contribution in [2.45, 2.75) is 55.5 Å². The molecule has 1 saturated carbocycles. The number of ether oxygens (including phenoxy) is 2. The van der Waals surface area contributed by atoms with Gasteiger partial charge in [-0.1, -0.05) is 0 Å². The molecule has 2 aromatic rings. The van der Waals surface area contributed by atoms with Gasteiger partial charge in [-0.2, -0.15) is 15.1 Å². The molecule has 0 amide bonds. The van der Waals surface area contributed by atoms with Gasteiger partial charge in [-0.25, -0.2) is 4.68 Å². The molecule has 1 saturated heterocycles. The molecule has 0 aromatic carbocycles. The molecule has 32 heavy (non-hydrogen) atoms. The Hall–Kier alpha value is -1.41. The van der Waals surface area contributed by atoms with Crippen LogP contribution < -0.4 is 5.32 Å². The zero-order valence-corrected chi connectivity index (χ0v) is 18.6. The summed E-state index contributed by atoms with van der Waals surface area (Å²) in [5, 5.41) is 35.0. The first-order valence-electron chi connectivity index (χ1n) is 10.1. The van der Waals surface area contributed by atoms with Gasteiger partial charge in [0.05, 0.1) is 37.5 Å². The number of aromatic nitrogens is 4. The second-order valence-corrected chi connectivity index (χ2v) is 10.2. The smallest absolute Gasteiger partial charge is 0.361 e. The standard InChI is InChI=1S/C17H25ClN5O8P/c18-16-21-14(20-9-2-1-3-9)10-5-19-23(15(10)22-16)13-4-11(26)12(31-13)6-30-17(7-24,8-25)32(27,28)29/h5,9,11-13,24-26H,1-4,6-8H2,(H,20,21,22)(H2,27,28,29). The molecule has 6 N–H and O–H groups in total. The Morgan fingerprint density at radius 2 is 2.03 bits per heavy atom. The topological polar surface area (TPSA) is 192 Å². The molecule has 15 heteroatoms. The molecule has 0 radical (unpaired) electrons. The molecule has 2 aliphatic rings. The van der Waals surface area contributed by atoms with Crippen LogP contribution in [0.4, 0.5) is 5.82 Å². The van der Waals surface area contributed by atoms with Crippen LogP contribution in [0.15, 0.2) is 6.20 Å². The lowest BCUT2D eigenvalue weighted by Gasteiger charge is -2.31. The molecule has 3 atom stereocenters. The summed E-state index contributed by atoms with van der Waals surface area (Å²) in [6, 6.07) is 0.311. The second kappa shape index (κ2) is 9.09. The number of hydrogen-bond donors (Lipinski definition) is 6. The van der Waals surface area contributed by atoms with Crippen molar-refractivity contribution < 1.29 is 39.1 Å². The molecule has 3 heterocycles. The van der Waals surface area contributed by atoms with Crippen LogP contribution in [-0.4, -0.2) is 88.3 Å². The summed E-state index contributed by atoms with van der Waals surface area (Å²) in [5.41, 5.74) is 0.404. The van der Waals surface area contributed by atoms with Crippen LogP contribution in [0.2, 0.25) is 5.28 Å². The number of aliphatic hydroxyl groups excluding tert-OH is 3. The Kier molecular flexibility index (Phi) is 6.74.